The van der Waals surface area contributed by atoms with Crippen molar-refractivity contribution in [1.82, 2.24) is 19.5 Å². The first-order valence-corrected chi connectivity index (χ1v) is 5.60. The van der Waals surface area contributed by atoms with E-state index in [0.29, 0.717) is 11.8 Å². The Balaban J connectivity index is 2.07. The van der Waals surface area contributed by atoms with Crippen molar-refractivity contribution < 1.29 is 4.52 Å². The van der Waals surface area contributed by atoms with Crippen LogP contribution in [0.5, 0.6) is 0 Å². The maximum Gasteiger partial charge on any atom is 0.265 e. The van der Waals surface area contributed by atoms with Crippen LogP contribution in [-0.4, -0.2) is 33.6 Å². The Morgan fingerprint density at radius 3 is 2.89 bits per heavy atom. The van der Waals surface area contributed by atoms with Crippen molar-refractivity contribution in [2.24, 2.45) is 0 Å². The lowest BCUT2D eigenvalue weighted by Gasteiger charge is -2.02. The lowest BCUT2D eigenvalue weighted by atomic mass is 10.2. The molecule has 0 aliphatic rings. The van der Waals surface area contributed by atoms with Crippen LogP contribution in [0, 0.1) is 6.92 Å². The van der Waals surface area contributed by atoms with E-state index >= 15 is 0 Å². The summed E-state index contributed by atoms with van der Waals surface area (Å²) in [7, 11) is 3.74. The lowest BCUT2D eigenvalue weighted by Crippen LogP contribution is -2.10. The van der Waals surface area contributed by atoms with Gasteiger partial charge in [-0.2, -0.15) is 4.98 Å². The van der Waals surface area contributed by atoms with Gasteiger partial charge in [0.2, 0.25) is 0 Å². The molecule has 18 heavy (non-hydrogen) atoms. The molecule has 6 heteroatoms. The van der Waals surface area contributed by atoms with Gasteiger partial charge < -0.3 is 13.8 Å². The molecule has 0 unspecified atom stereocenters. The van der Waals surface area contributed by atoms with Crippen molar-refractivity contribution in [3.63, 3.8) is 0 Å². The van der Waals surface area contributed by atoms with E-state index in [-0.39, 0.29) is 0 Å². The lowest BCUT2D eigenvalue weighted by molar-refractivity contribution is 0.431. The number of anilines is 1. The predicted molar refractivity (Wildman–Crippen MR) is 67.5 cm³/mol. The highest BCUT2D eigenvalue weighted by Crippen LogP contribution is 2.21. The Morgan fingerprint density at radius 2 is 2.17 bits per heavy atom. The maximum atomic E-state index is 5.23. The molecule has 0 saturated carbocycles. The van der Waals surface area contributed by atoms with E-state index < -0.39 is 0 Å². The van der Waals surface area contributed by atoms with Gasteiger partial charge >= 0.3 is 0 Å². The number of aromatic nitrogens is 4. The summed E-state index contributed by atoms with van der Waals surface area (Å²) in [4.78, 5) is 10.4. The first-order valence-electron chi connectivity index (χ1n) is 5.60. The van der Waals surface area contributed by atoms with E-state index in [2.05, 4.69) is 15.1 Å². The van der Waals surface area contributed by atoms with Crippen LogP contribution in [0.15, 0.2) is 29.0 Å². The average molecular weight is 243 g/mol. The van der Waals surface area contributed by atoms with E-state index in [9.17, 15) is 0 Å². The molecule has 92 valence electrons. The van der Waals surface area contributed by atoms with E-state index in [1.54, 1.807) is 4.90 Å². The zero-order valence-corrected chi connectivity index (χ0v) is 10.5. The van der Waals surface area contributed by atoms with Gasteiger partial charge in [-0.05, 0) is 24.2 Å². The molecule has 0 spiro atoms. The van der Waals surface area contributed by atoms with E-state index in [1.807, 2.05) is 49.9 Å². The standard InChI is InChI=1S/C12H13N5O/c1-8-7-13-10-6-9(4-5-17(8)10)11-14-12(15-18-11)16(2)3/h4-7H,1-3H3. The van der Waals surface area contributed by atoms with Gasteiger partial charge in [-0.3, -0.25) is 0 Å². The van der Waals surface area contributed by atoms with E-state index in [0.717, 1.165) is 16.9 Å². The largest absolute Gasteiger partial charge is 0.344 e. The fraction of sp³-hybridized carbons (Fsp3) is 0.250. The maximum absolute atomic E-state index is 5.23. The molecule has 0 bridgehead atoms. The number of hydrogen-bond acceptors (Lipinski definition) is 5. The molecule has 3 heterocycles. The van der Waals surface area contributed by atoms with Crippen LogP contribution in [0.3, 0.4) is 0 Å². The molecule has 6 nitrogen and oxygen atoms in total. The van der Waals surface area contributed by atoms with Gasteiger partial charge in [0.1, 0.15) is 5.65 Å². The predicted octanol–water partition coefficient (Wildman–Crippen LogP) is 1.76. The number of fused-ring (bicyclic) bond motifs is 1. The van der Waals surface area contributed by atoms with Crippen LogP contribution in [0.1, 0.15) is 5.69 Å². The fourth-order valence-electron chi connectivity index (χ4n) is 1.76. The molecule has 3 aromatic heterocycles. The van der Waals surface area contributed by atoms with Gasteiger partial charge in [-0.15, -0.1) is 0 Å². The molecule has 0 amide bonds. The topological polar surface area (TPSA) is 59.5 Å². The highest BCUT2D eigenvalue weighted by molar-refractivity contribution is 5.60. The Kier molecular flexibility index (Phi) is 2.29. The minimum Gasteiger partial charge on any atom is -0.344 e. The fourth-order valence-corrected chi connectivity index (χ4v) is 1.76. The SMILES string of the molecule is Cc1cnc2cc(-c3nc(N(C)C)no3)ccn12. The third kappa shape index (κ3) is 1.62. The summed E-state index contributed by atoms with van der Waals surface area (Å²) >= 11 is 0. The minimum atomic E-state index is 0.502. The van der Waals surface area contributed by atoms with Crippen molar-refractivity contribution in [2.45, 2.75) is 6.92 Å². The van der Waals surface area contributed by atoms with Gasteiger partial charge in [0.05, 0.1) is 0 Å². The summed E-state index contributed by atoms with van der Waals surface area (Å²) in [5, 5.41) is 3.89. The summed E-state index contributed by atoms with van der Waals surface area (Å²) in [6, 6.07) is 3.87. The summed E-state index contributed by atoms with van der Waals surface area (Å²) in [5.41, 5.74) is 2.83. The third-order valence-corrected chi connectivity index (χ3v) is 2.76. The second kappa shape index (κ2) is 3.83. The molecule has 3 aromatic rings. The molecule has 0 aliphatic heterocycles. The molecule has 0 N–H and O–H groups in total. The quantitative estimate of drug-likeness (QED) is 0.686. The highest BCUT2D eigenvalue weighted by Gasteiger charge is 2.11. The molecule has 0 fully saturated rings. The highest BCUT2D eigenvalue weighted by atomic mass is 16.5. The first kappa shape index (κ1) is 10.8. The monoisotopic (exact) mass is 243 g/mol. The minimum absolute atomic E-state index is 0.502. The van der Waals surface area contributed by atoms with Crippen molar-refractivity contribution in [1.29, 1.82) is 0 Å². The smallest absolute Gasteiger partial charge is 0.265 e. The zero-order chi connectivity index (χ0) is 12.7. The number of imidazole rings is 1. The molecular formula is C12H13N5O. The number of aryl methyl sites for hydroxylation is 1. The normalized spacial score (nSPS) is 11.1. The second-order valence-corrected chi connectivity index (χ2v) is 4.34. The summed E-state index contributed by atoms with van der Waals surface area (Å²) in [6.45, 7) is 2.01. The van der Waals surface area contributed by atoms with Crippen molar-refractivity contribution in [2.75, 3.05) is 19.0 Å². The van der Waals surface area contributed by atoms with E-state index in [1.165, 1.54) is 0 Å². The summed E-state index contributed by atoms with van der Waals surface area (Å²) in [6.07, 6.45) is 3.78. The van der Waals surface area contributed by atoms with Crippen LogP contribution < -0.4 is 4.90 Å². The van der Waals surface area contributed by atoms with E-state index in [4.69, 9.17) is 4.52 Å². The Morgan fingerprint density at radius 1 is 1.33 bits per heavy atom. The molecule has 0 radical (unpaired) electrons. The molecule has 3 rings (SSSR count). The van der Waals surface area contributed by atoms with Gasteiger partial charge in [0.15, 0.2) is 0 Å². The second-order valence-electron chi connectivity index (χ2n) is 4.34. The first-order chi connectivity index (χ1) is 8.65. The summed E-state index contributed by atoms with van der Waals surface area (Å²) in [5.74, 6) is 1.06. The molecule has 0 aromatic carbocycles. The molecule has 0 aliphatic carbocycles. The summed E-state index contributed by atoms with van der Waals surface area (Å²) < 4.78 is 7.23. The molecule has 0 saturated heterocycles. The van der Waals surface area contributed by atoms with Gasteiger partial charge in [0, 0.05) is 37.7 Å². The number of rotatable bonds is 2. The Bertz CT molecular complexity index is 697. The molecular weight excluding hydrogens is 230 g/mol. The van der Waals surface area contributed by atoms with Crippen molar-refractivity contribution in [3.05, 3.63) is 30.2 Å². The van der Waals surface area contributed by atoms with Gasteiger partial charge in [0.25, 0.3) is 11.8 Å². The van der Waals surface area contributed by atoms with Gasteiger partial charge in [-0.25, -0.2) is 4.98 Å². The number of hydrogen-bond donors (Lipinski definition) is 0. The van der Waals surface area contributed by atoms with Crippen LogP contribution in [0.25, 0.3) is 17.1 Å². The zero-order valence-electron chi connectivity index (χ0n) is 10.5. The Hall–Kier alpha value is -2.37. The third-order valence-electron chi connectivity index (χ3n) is 2.76. The van der Waals surface area contributed by atoms with Crippen LogP contribution in [-0.2, 0) is 0 Å². The van der Waals surface area contributed by atoms with Gasteiger partial charge in [-0.1, -0.05) is 0 Å². The van der Waals surface area contributed by atoms with Crippen LogP contribution in [0.4, 0.5) is 5.95 Å². The van der Waals surface area contributed by atoms with Crippen LogP contribution in [0.2, 0.25) is 0 Å². The number of nitrogens with zero attached hydrogens (tertiary/aromatic N) is 5. The van der Waals surface area contributed by atoms with Crippen LogP contribution >= 0.6 is 0 Å². The van der Waals surface area contributed by atoms with Crippen molar-refractivity contribution >= 4 is 11.6 Å². The Labute approximate surface area is 104 Å². The average Bonchev–Trinajstić information content (AvgIpc) is 2.96. The molecule has 0 atom stereocenters. The number of pyridine rings is 1. The van der Waals surface area contributed by atoms with Crippen molar-refractivity contribution in [3.8, 4) is 11.5 Å².